The van der Waals surface area contributed by atoms with Gasteiger partial charge < -0.3 is 0 Å². The highest BCUT2D eigenvalue weighted by Crippen LogP contribution is 2.40. The zero-order valence-corrected chi connectivity index (χ0v) is 12.9. The molecule has 0 N–H and O–H groups in total. The Bertz CT molecular complexity index is 843. The van der Waals surface area contributed by atoms with E-state index < -0.39 is 16.4 Å². The van der Waals surface area contributed by atoms with E-state index in [2.05, 4.69) is 0 Å². The molecule has 0 aliphatic heterocycles. The van der Waals surface area contributed by atoms with Gasteiger partial charge in [-0.3, -0.25) is 10.1 Å². The summed E-state index contributed by atoms with van der Waals surface area (Å²) in [6.45, 7) is 0. The van der Waals surface area contributed by atoms with Gasteiger partial charge in [0.1, 0.15) is 0 Å². The quantitative estimate of drug-likeness (QED) is 0.539. The Kier molecular flexibility index (Phi) is 4.26. The van der Waals surface area contributed by atoms with Crippen molar-refractivity contribution >= 4 is 28.4 Å². The van der Waals surface area contributed by atoms with Gasteiger partial charge in [0.15, 0.2) is 0 Å². The van der Waals surface area contributed by atoms with Crippen molar-refractivity contribution in [2.75, 3.05) is 0 Å². The van der Waals surface area contributed by atoms with Crippen LogP contribution >= 0.6 is 11.6 Å². The summed E-state index contributed by atoms with van der Waals surface area (Å²) >= 11 is 6.26. The molecule has 0 aromatic heterocycles. The predicted octanol–water partition coefficient (Wildman–Crippen LogP) is 5.65. The first-order chi connectivity index (χ1) is 11.1. The molecule has 1 aliphatic rings. The van der Waals surface area contributed by atoms with Crippen LogP contribution in [0.5, 0.6) is 0 Å². The molecule has 2 aromatic rings. The Morgan fingerprint density at radius 3 is 2.22 bits per heavy atom. The molecule has 0 amide bonds. The highest BCUT2D eigenvalue weighted by atomic mass is 35.5. The van der Waals surface area contributed by atoms with E-state index in [9.17, 15) is 14.5 Å². The second kappa shape index (κ2) is 6.34. The van der Waals surface area contributed by atoms with Crippen molar-refractivity contribution in [2.45, 2.75) is 12.8 Å². The number of nitro groups is 1. The van der Waals surface area contributed by atoms with Crippen LogP contribution < -0.4 is 0 Å². The summed E-state index contributed by atoms with van der Waals surface area (Å²) in [7, 11) is 0. The third kappa shape index (κ3) is 2.90. The number of hydrogen-bond donors (Lipinski definition) is 0. The molecule has 3 nitrogen and oxygen atoms in total. The lowest BCUT2D eigenvalue weighted by molar-refractivity contribution is -0.387. The van der Waals surface area contributed by atoms with E-state index in [4.69, 9.17) is 11.6 Å². The van der Waals surface area contributed by atoms with Crippen LogP contribution in [-0.2, 0) is 0 Å². The molecule has 0 saturated carbocycles. The van der Waals surface area contributed by atoms with E-state index in [0.29, 0.717) is 10.6 Å². The first kappa shape index (κ1) is 15.4. The van der Waals surface area contributed by atoms with E-state index in [1.165, 1.54) is 12.1 Å². The minimum atomic E-state index is -0.816. The molecular formula is C18H13ClFNO2. The van der Waals surface area contributed by atoms with Crippen LogP contribution in [0, 0.1) is 15.9 Å². The molecule has 0 atom stereocenters. The van der Waals surface area contributed by atoms with E-state index in [1.807, 2.05) is 30.4 Å². The number of nitro benzene ring substituents is 1. The van der Waals surface area contributed by atoms with Crippen LogP contribution in [0.4, 0.5) is 10.1 Å². The highest BCUT2D eigenvalue weighted by Gasteiger charge is 2.23. The molecule has 0 fully saturated rings. The van der Waals surface area contributed by atoms with Crippen molar-refractivity contribution in [3.8, 4) is 0 Å². The lowest BCUT2D eigenvalue weighted by Crippen LogP contribution is -2.01. The summed E-state index contributed by atoms with van der Waals surface area (Å²) < 4.78 is 14.6. The summed E-state index contributed by atoms with van der Waals surface area (Å²) in [4.78, 5) is 10.3. The molecule has 116 valence electrons. The number of nitrogens with zero attached hydrogens (tertiary/aromatic N) is 1. The van der Waals surface area contributed by atoms with Gasteiger partial charge in [0, 0.05) is 22.2 Å². The normalized spacial score (nSPS) is 14.2. The standard InChI is InChI=1S/C18H13ClFNO2/c19-16-10-4-3-8-14(16)12-6-1-2-7-13(12)15-9-5-11-17(18(15)20)21(22)23/h3-11H,1-2H2. The summed E-state index contributed by atoms with van der Waals surface area (Å²) in [6.07, 6.45) is 5.47. The van der Waals surface area contributed by atoms with Gasteiger partial charge in [0.05, 0.1) is 4.92 Å². The Morgan fingerprint density at radius 1 is 0.957 bits per heavy atom. The predicted molar refractivity (Wildman–Crippen MR) is 89.7 cm³/mol. The molecule has 0 heterocycles. The van der Waals surface area contributed by atoms with Gasteiger partial charge in [-0.05, 0) is 30.1 Å². The molecule has 0 saturated heterocycles. The average Bonchev–Trinajstić information content (AvgIpc) is 2.55. The van der Waals surface area contributed by atoms with Gasteiger partial charge >= 0.3 is 5.69 Å². The van der Waals surface area contributed by atoms with Gasteiger partial charge in [-0.1, -0.05) is 54.1 Å². The summed E-state index contributed by atoms with van der Waals surface area (Å²) in [5, 5.41) is 11.5. The van der Waals surface area contributed by atoms with E-state index in [1.54, 1.807) is 12.1 Å². The fourth-order valence-electron chi connectivity index (χ4n) is 2.73. The van der Waals surface area contributed by atoms with E-state index in [-0.39, 0.29) is 5.56 Å². The molecule has 0 bridgehead atoms. The highest BCUT2D eigenvalue weighted by molar-refractivity contribution is 6.33. The lowest BCUT2D eigenvalue weighted by Gasteiger charge is -2.18. The van der Waals surface area contributed by atoms with Gasteiger partial charge in [-0.2, -0.15) is 4.39 Å². The van der Waals surface area contributed by atoms with Crippen molar-refractivity contribution < 1.29 is 9.31 Å². The van der Waals surface area contributed by atoms with Gasteiger partial charge in [0.25, 0.3) is 0 Å². The Labute approximate surface area is 137 Å². The minimum Gasteiger partial charge on any atom is -0.258 e. The van der Waals surface area contributed by atoms with Crippen molar-refractivity contribution in [3.05, 3.63) is 86.7 Å². The van der Waals surface area contributed by atoms with Gasteiger partial charge in [0.2, 0.25) is 5.82 Å². The first-order valence-corrected chi connectivity index (χ1v) is 7.56. The average molecular weight is 330 g/mol. The molecular weight excluding hydrogens is 317 g/mol. The van der Waals surface area contributed by atoms with Crippen molar-refractivity contribution in [1.82, 2.24) is 0 Å². The first-order valence-electron chi connectivity index (χ1n) is 7.18. The topological polar surface area (TPSA) is 43.1 Å². The Morgan fingerprint density at radius 2 is 1.57 bits per heavy atom. The summed E-state index contributed by atoms with van der Waals surface area (Å²) in [5.74, 6) is -0.816. The summed E-state index contributed by atoms with van der Waals surface area (Å²) in [5.41, 5.74) is 1.95. The largest absolute Gasteiger partial charge is 0.305 e. The number of rotatable bonds is 3. The van der Waals surface area contributed by atoms with Gasteiger partial charge in [-0.15, -0.1) is 0 Å². The maximum absolute atomic E-state index is 14.6. The van der Waals surface area contributed by atoms with Crippen LogP contribution in [-0.4, -0.2) is 4.92 Å². The molecule has 23 heavy (non-hydrogen) atoms. The van der Waals surface area contributed by atoms with Crippen molar-refractivity contribution in [1.29, 1.82) is 0 Å². The maximum atomic E-state index is 14.6. The molecule has 2 aromatic carbocycles. The fraction of sp³-hybridized carbons (Fsp3) is 0.111. The third-order valence-corrected chi connectivity index (χ3v) is 4.11. The number of hydrogen-bond acceptors (Lipinski definition) is 2. The number of allylic oxidation sites excluding steroid dienone is 4. The maximum Gasteiger partial charge on any atom is 0.305 e. The zero-order chi connectivity index (χ0) is 16.4. The Hall–Kier alpha value is -2.46. The smallest absolute Gasteiger partial charge is 0.258 e. The molecule has 0 unspecified atom stereocenters. The molecule has 1 aliphatic carbocycles. The number of halogens is 2. The van der Waals surface area contributed by atoms with Crippen molar-refractivity contribution in [3.63, 3.8) is 0 Å². The van der Waals surface area contributed by atoms with Crippen LogP contribution in [0.15, 0.2) is 54.6 Å². The van der Waals surface area contributed by atoms with Crippen LogP contribution in [0.3, 0.4) is 0 Å². The fourth-order valence-corrected chi connectivity index (χ4v) is 2.97. The molecule has 0 spiro atoms. The monoisotopic (exact) mass is 329 g/mol. The van der Waals surface area contributed by atoms with Crippen molar-refractivity contribution in [2.24, 2.45) is 0 Å². The SMILES string of the molecule is O=[N+]([O-])c1cccc(C2=CCCC=C2c2ccccc2Cl)c1F. The van der Waals surface area contributed by atoms with Crippen LogP contribution in [0.1, 0.15) is 24.0 Å². The molecule has 0 radical (unpaired) electrons. The number of benzene rings is 2. The van der Waals surface area contributed by atoms with E-state index >= 15 is 0 Å². The molecule has 5 heteroatoms. The van der Waals surface area contributed by atoms with Crippen LogP contribution in [0.2, 0.25) is 5.02 Å². The summed E-state index contributed by atoms with van der Waals surface area (Å²) in [6, 6.07) is 11.5. The second-order valence-electron chi connectivity index (χ2n) is 5.19. The lowest BCUT2D eigenvalue weighted by atomic mass is 9.87. The minimum absolute atomic E-state index is 0.227. The second-order valence-corrected chi connectivity index (χ2v) is 5.60. The van der Waals surface area contributed by atoms with E-state index in [0.717, 1.165) is 24.0 Å². The third-order valence-electron chi connectivity index (χ3n) is 3.78. The molecule has 3 rings (SSSR count). The Balaban J connectivity index is 2.14. The van der Waals surface area contributed by atoms with Crippen LogP contribution in [0.25, 0.3) is 11.1 Å². The van der Waals surface area contributed by atoms with Gasteiger partial charge in [-0.25, -0.2) is 0 Å². The zero-order valence-electron chi connectivity index (χ0n) is 12.1.